The second kappa shape index (κ2) is 12.3. The van der Waals surface area contributed by atoms with E-state index in [9.17, 15) is 13.2 Å². The van der Waals surface area contributed by atoms with Crippen LogP contribution >= 0.6 is 24.0 Å². The number of guanidine groups is 1. The lowest BCUT2D eigenvalue weighted by molar-refractivity contribution is -0.153. The molecule has 10 heteroatoms. The number of nitrogens with one attached hydrogen (secondary N) is 2. The topological polar surface area (TPSA) is 63.5 Å². The maximum absolute atomic E-state index is 12.3. The predicted molar refractivity (Wildman–Crippen MR) is 128 cm³/mol. The van der Waals surface area contributed by atoms with Crippen molar-refractivity contribution in [3.8, 4) is 5.75 Å². The fourth-order valence-electron chi connectivity index (χ4n) is 2.95. The first kappa shape index (κ1) is 25.5. The Labute approximate surface area is 201 Å². The molecule has 2 aromatic carbocycles. The fourth-order valence-corrected chi connectivity index (χ4v) is 2.95. The maximum Gasteiger partial charge on any atom is 0.422 e. The summed E-state index contributed by atoms with van der Waals surface area (Å²) in [5, 5.41) is 10.7. The van der Waals surface area contributed by atoms with Crippen molar-refractivity contribution in [2.24, 2.45) is 4.99 Å². The molecule has 0 saturated heterocycles. The number of aliphatic imine (C=N–C) groups is 1. The molecule has 0 fully saturated rings. The zero-order valence-electron chi connectivity index (χ0n) is 17.5. The summed E-state index contributed by atoms with van der Waals surface area (Å²) in [6.07, 6.45) is -0.707. The van der Waals surface area contributed by atoms with Crippen LogP contribution in [0.1, 0.15) is 16.7 Å². The van der Waals surface area contributed by atoms with Crippen LogP contribution in [-0.2, 0) is 19.6 Å². The lowest BCUT2D eigenvalue weighted by Gasteiger charge is -2.15. The van der Waals surface area contributed by atoms with Crippen LogP contribution in [0.15, 0.2) is 72.0 Å². The largest absolute Gasteiger partial charge is 0.484 e. The van der Waals surface area contributed by atoms with Crippen LogP contribution in [0, 0.1) is 0 Å². The van der Waals surface area contributed by atoms with Crippen LogP contribution in [0.25, 0.3) is 0 Å². The molecular weight excluding hydrogens is 534 g/mol. The Hall–Kier alpha value is -2.76. The molecule has 32 heavy (non-hydrogen) atoms. The Kier molecular flexibility index (Phi) is 9.82. The van der Waals surface area contributed by atoms with Crippen molar-refractivity contribution in [2.45, 2.75) is 25.8 Å². The summed E-state index contributed by atoms with van der Waals surface area (Å²) in [5.74, 6) is 0.752. The number of rotatable bonds is 8. The summed E-state index contributed by atoms with van der Waals surface area (Å²) >= 11 is 0. The molecule has 3 aromatic rings. The number of hydrogen-bond donors (Lipinski definition) is 2. The summed E-state index contributed by atoms with van der Waals surface area (Å²) in [4.78, 5) is 4.21. The molecule has 0 spiro atoms. The normalized spacial score (nSPS) is 11.6. The fraction of sp³-hybridized carbons (Fsp3) is 0.273. The van der Waals surface area contributed by atoms with Gasteiger partial charge in [0.1, 0.15) is 5.75 Å². The van der Waals surface area contributed by atoms with Crippen molar-refractivity contribution in [3.05, 3.63) is 83.7 Å². The van der Waals surface area contributed by atoms with Crippen LogP contribution in [0.3, 0.4) is 0 Å². The minimum Gasteiger partial charge on any atom is -0.484 e. The van der Waals surface area contributed by atoms with Gasteiger partial charge in [0.05, 0.1) is 6.54 Å². The predicted octanol–water partition coefficient (Wildman–Crippen LogP) is 4.36. The van der Waals surface area contributed by atoms with Gasteiger partial charge in [-0.15, -0.1) is 24.0 Å². The second-order valence-electron chi connectivity index (χ2n) is 6.80. The van der Waals surface area contributed by atoms with Crippen LogP contribution in [0.2, 0.25) is 0 Å². The molecule has 1 aromatic heterocycles. The number of alkyl halides is 3. The molecule has 0 amide bonds. The molecule has 0 unspecified atom stereocenters. The molecule has 6 nitrogen and oxygen atoms in total. The highest BCUT2D eigenvalue weighted by Crippen LogP contribution is 2.19. The smallest absolute Gasteiger partial charge is 0.422 e. The van der Waals surface area contributed by atoms with Gasteiger partial charge >= 0.3 is 6.18 Å². The van der Waals surface area contributed by atoms with E-state index in [1.165, 1.54) is 6.07 Å². The molecule has 0 radical (unpaired) electrons. The van der Waals surface area contributed by atoms with E-state index in [1.54, 1.807) is 31.4 Å². The van der Waals surface area contributed by atoms with Gasteiger partial charge in [-0.05, 0) is 34.9 Å². The van der Waals surface area contributed by atoms with Crippen molar-refractivity contribution in [3.63, 3.8) is 0 Å². The van der Waals surface area contributed by atoms with Gasteiger partial charge < -0.3 is 15.4 Å². The Balaban J connectivity index is 0.00000363. The summed E-state index contributed by atoms with van der Waals surface area (Å²) in [6, 6.07) is 16.5. The van der Waals surface area contributed by atoms with Crippen molar-refractivity contribution in [1.82, 2.24) is 20.4 Å². The highest BCUT2D eigenvalue weighted by Gasteiger charge is 2.28. The second-order valence-corrected chi connectivity index (χ2v) is 6.80. The van der Waals surface area contributed by atoms with E-state index < -0.39 is 12.8 Å². The highest BCUT2D eigenvalue weighted by atomic mass is 127. The van der Waals surface area contributed by atoms with Gasteiger partial charge in [0.25, 0.3) is 0 Å². The molecule has 2 N–H and O–H groups in total. The summed E-state index contributed by atoms with van der Waals surface area (Å²) in [6.45, 7) is 0.302. The van der Waals surface area contributed by atoms with E-state index in [4.69, 9.17) is 4.74 Å². The zero-order valence-corrected chi connectivity index (χ0v) is 19.8. The van der Waals surface area contributed by atoms with Gasteiger partial charge in [0.15, 0.2) is 12.6 Å². The van der Waals surface area contributed by atoms with Gasteiger partial charge in [-0.25, -0.2) is 0 Å². The van der Waals surface area contributed by atoms with Crippen LogP contribution in [-0.4, -0.2) is 35.6 Å². The first-order valence-electron chi connectivity index (χ1n) is 9.70. The molecule has 0 atom stereocenters. The van der Waals surface area contributed by atoms with E-state index in [0.717, 1.165) is 16.7 Å². The van der Waals surface area contributed by atoms with E-state index in [1.807, 2.05) is 35.1 Å². The quantitative estimate of drug-likeness (QED) is 0.245. The lowest BCUT2D eigenvalue weighted by atomic mass is 10.1. The first-order valence-corrected chi connectivity index (χ1v) is 9.70. The molecule has 0 aliphatic rings. The van der Waals surface area contributed by atoms with Crippen molar-refractivity contribution in [1.29, 1.82) is 0 Å². The van der Waals surface area contributed by atoms with Gasteiger partial charge in [-0.3, -0.25) is 9.67 Å². The Morgan fingerprint density at radius 2 is 1.78 bits per heavy atom. The lowest BCUT2D eigenvalue weighted by Crippen LogP contribution is -2.36. The van der Waals surface area contributed by atoms with E-state index in [-0.39, 0.29) is 29.7 Å². The van der Waals surface area contributed by atoms with Gasteiger partial charge in [-0.1, -0.05) is 36.4 Å². The third kappa shape index (κ3) is 8.40. The van der Waals surface area contributed by atoms with Crippen LogP contribution in [0.5, 0.6) is 5.75 Å². The van der Waals surface area contributed by atoms with Gasteiger partial charge in [-0.2, -0.15) is 18.3 Å². The van der Waals surface area contributed by atoms with Crippen molar-refractivity contribution in [2.75, 3.05) is 13.7 Å². The van der Waals surface area contributed by atoms with Crippen LogP contribution in [0.4, 0.5) is 13.2 Å². The SMILES string of the molecule is CN=C(NCc1cccc(OCC(F)(F)F)c1)NCc1ccccc1Cn1cccn1.I. The average Bonchev–Trinajstić information content (AvgIpc) is 3.26. The molecule has 0 aliphatic carbocycles. The first-order chi connectivity index (χ1) is 14.9. The highest BCUT2D eigenvalue weighted by molar-refractivity contribution is 14.0. The van der Waals surface area contributed by atoms with Crippen molar-refractivity contribution < 1.29 is 17.9 Å². The van der Waals surface area contributed by atoms with Gasteiger partial charge in [0, 0.05) is 32.5 Å². The summed E-state index contributed by atoms with van der Waals surface area (Å²) < 4.78 is 43.7. The molecule has 0 aliphatic heterocycles. The number of halogens is 4. The number of benzene rings is 2. The van der Waals surface area contributed by atoms with E-state index in [0.29, 0.717) is 25.6 Å². The number of aromatic nitrogens is 2. The Bertz CT molecular complexity index is 993. The van der Waals surface area contributed by atoms with Gasteiger partial charge in [0.2, 0.25) is 0 Å². The Morgan fingerprint density at radius 3 is 2.47 bits per heavy atom. The minimum absolute atomic E-state index is 0. The zero-order chi connectivity index (χ0) is 22.1. The molecular formula is C22H25F3IN5O. The number of hydrogen-bond acceptors (Lipinski definition) is 3. The number of nitrogens with zero attached hydrogens (tertiary/aromatic N) is 3. The monoisotopic (exact) mass is 559 g/mol. The van der Waals surface area contributed by atoms with Crippen LogP contribution < -0.4 is 15.4 Å². The average molecular weight is 559 g/mol. The molecule has 0 bridgehead atoms. The third-order valence-electron chi connectivity index (χ3n) is 4.44. The number of ether oxygens (including phenoxy) is 1. The van der Waals surface area contributed by atoms with E-state index >= 15 is 0 Å². The Morgan fingerprint density at radius 1 is 1.03 bits per heavy atom. The maximum atomic E-state index is 12.3. The van der Waals surface area contributed by atoms with Crippen molar-refractivity contribution >= 4 is 29.9 Å². The molecule has 0 saturated carbocycles. The standard InChI is InChI=1S/C22H24F3N5O.HI/c1-26-21(27-13-17-6-4-9-20(12-17)31-16-22(23,24)25)28-14-18-7-2-3-8-19(18)15-30-11-5-10-29-30;/h2-12H,13-16H2,1H3,(H2,26,27,28);1H. The molecule has 3 rings (SSSR count). The summed E-state index contributed by atoms with van der Waals surface area (Å²) in [5.41, 5.74) is 3.04. The van der Waals surface area contributed by atoms with E-state index in [2.05, 4.69) is 26.8 Å². The molecule has 172 valence electrons. The minimum atomic E-state index is -4.37. The summed E-state index contributed by atoms with van der Waals surface area (Å²) in [7, 11) is 1.66. The molecule has 1 heterocycles. The third-order valence-corrected chi connectivity index (χ3v) is 4.44.